The minimum absolute atomic E-state index is 0.148. The van der Waals surface area contributed by atoms with Crippen LogP contribution in [-0.4, -0.2) is 60.4 Å². The van der Waals surface area contributed by atoms with Crippen LogP contribution < -0.4 is 0 Å². The molecule has 4 rings (SSSR count). The van der Waals surface area contributed by atoms with Crippen molar-refractivity contribution in [1.29, 1.82) is 0 Å². The van der Waals surface area contributed by atoms with Gasteiger partial charge in [0.25, 0.3) is 5.91 Å². The lowest BCUT2D eigenvalue weighted by Crippen LogP contribution is -2.36. The summed E-state index contributed by atoms with van der Waals surface area (Å²) >= 11 is 0. The van der Waals surface area contributed by atoms with Crippen molar-refractivity contribution in [2.45, 2.75) is 39.8 Å². The monoisotopic (exact) mass is 381 g/mol. The van der Waals surface area contributed by atoms with Crippen molar-refractivity contribution >= 4 is 5.91 Å². The first kappa shape index (κ1) is 19.2. The molecule has 0 bridgehead atoms. The number of carbonyl (C=O) groups excluding carboxylic acids is 1. The fourth-order valence-corrected chi connectivity index (χ4v) is 4.35. The molecule has 150 valence electrons. The summed E-state index contributed by atoms with van der Waals surface area (Å²) in [6.07, 6.45) is 1.90. The summed E-state index contributed by atoms with van der Waals surface area (Å²) in [5, 5.41) is 0. The van der Waals surface area contributed by atoms with E-state index in [4.69, 9.17) is 4.42 Å². The number of rotatable bonds is 3. The Hall–Kier alpha value is -2.11. The molecule has 0 unspecified atom stereocenters. The number of nitrogens with zero attached hydrogens (tertiary/aromatic N) is 3. The zero-order valence-electron chi connectivity index (χ0n) is 17.3. The smallest absolute Gasteiger partial charge is 0.257 e. The van der Waals surface area contributed by atoms with Gasteiger partial charge in [-0.2, -0.15) is 0 Å². The molecule has 1 saturated heterocycles. The molecular weight excluding hydrogens is 350 g/mol. The van der Waals surface area contributed by atoms with Crippen molar-refractivity contribution in [2.24, 2.45) is 0 Å². The first-order valence-electron chi connectivity index (χ1n) is 10.4. The van der Waals surface area contributed by atoms with Crippen molar-refractivity contribution in [2.75, 3.05) is 39.8 Å². The van der Waals surface area contributed by atoms with Crippen molar-refractivity contribution in [3.8, 4) is 0 Å². The van der Waals surface area contributed by atoms with E-state index in [-0.39, 0.29) is 5.91 Å². The Bertz CT molecular complexity index is 840. The third kappa shape index (κ3) is 4.01. The topological polar surface area (TPSA) is 39.9 Å². The van der Waals surface area contributed by atoms with Gasteiger partial charge in [-0.15, -0.1) is 0 Å². The molecule has 5 heteroatoms. The number of carbonyl (C=O) groups is 1. The maximum atomic E-state index is 13.3. The van der Waals surface area contributed by atoms with Gasteiger partial charge in [0.15, 0.2) is 0 Å². The third-order valence-corrected chi connectivity index (χ3v) is 6.05. The fourth-order valence-electron chi connectivity index (χ4n) is 4.35. The number of hydrogen-bond donors (Lipinski definition) is 0. The number of benzene rings is 1. The van der Waals surface area contributed by atoms with Gasteiger partial charge in [-0.3, -0.25) is 9.69 Å². The van der Waals surface area contributed by atoms with E-state index in [1.54, 1.807) is 0 Å². The molecule has 2 aliphatic heterocycles. The van der Waals surface area contributed by atoms with Gasteiger partial charge in [0, 0.05) is 51.3 Å². The second kappa shape index (κ2) is 8.10. The number of amides is 1. The van der Waals surface area contributed by atoms with Crippen LogP contribution in [0.5, 0.6) is 0 Å². The Balaban J connectivity index is 1.52. The molecule has 1 aromatic heterocycles. The van der Waals surface area contributed by atoms with Crippen LogP contribution in [0, 0.1) is 13.8 Å². The Labute approximate surface area is 167 Å². The van der Waals surface area contributed by atoms with Crippen LogP contribution in [-0.2, 0) is 19.5 Å². The van der Waals surface area contributed by atoms with E-state index in [1.807, 2.05) is 11.8 Å². The van der Waals surface area contributed by atoms with Gasteiger partial charge < -0.3 is 14.2 Å². The predicted molar refractivity (Wildman–Crippen MR) is 110 cm³/mol. The second-order valence-electron chi connectivity index (χ2n) is 8.33. The maximum absolute atomic E-state index is 13.3. The van der Waals surface area contributed by atoms with Crippen LogP contribution in [0.4, 0.5) is 0 Å². The highest BCUT2D eigenvalue weighted by Gasteiger charge is 2.31. The summed E-state index contributed by atoms with van der Waals surface area (Å²) < 4.78 is 6.03. The highest BCUT2D eigenvalue weighted by molar-refractivity contribution is 5.97. The summed E-state index contributed by atoms with van der Waals surface area (Å²) in [5.74, 6) is 1.94. The molecule has 0 spiro atoms. The van der Waals surface area contributed by atoms with Crippen molar-refractivity contribution < 1.29 is 9.21 Å². The summed E-state index contributed by atoms with van der Waals surface area (Å²) in [5.41, 5.74) is 4.52. The molecule has 28 heavy (non-hydrogen) atoms. The van der Waals surface area contributed by atoms with Crippen LogP contribution in [0.1, 0.15) is 45.0 Å². The highest BCUT2D eigenvalue weighted by Crippen LogP contribution is 2.30. The van der Waals surface area contributed by atoms with Gasteiger partial charge in [0.05, 0.1) is 5.56 Å². The molecule has 3 heterocycles. The Kier molecular flexibility index (Phi) is 5.56. The number of likely N-dealkylation sites (N-methyl/N-ethyl adjacent to an activating group) is 1. The van der Waals surface area contributed by atoms with E-state index < -0.39 is 0 Å². The highest BCUT2D eigenvalue weighted by atomic mass is 16.3. The molecule has 0 saturated carbocycles. The van der Waals surface area contributed by atoms with E-state index in [0.717, 1.165) is 81.3 Å². The number of furan rings is 1. The normalized spacial score (nSPS) is 18.8. The number of fused-ring (bicyclic) bond motifs is 1. The molecule has 5 nitrogen and oxygen atoms in total. The number of aryl methyl sites for hydroxylation is 2. The molecular formula is C23H31N3O2. The van der Waals surface area contributed by atoms with Gasteiger partial charge in [0.2, 0.25) is 0 Å². The van der Waals surface area contributed by atoms with Gasteiger partial charge in [-0.25, -0.2) is 0 Å². The van der Waals surface area contributed by atoms with Gasteiger partial charge >= 0.3 is 0 Å². The lowest BCUT2D eigenvalue weighted by Gasteiger charge is -2.27. The van der Waals surface area contributed by atoms with Crippen LogP contribution >= 0.6 is 0 Å². The SMILES string of the molecule is Cc1ccc(CN2CCc3oc(C)c(C(=O)N4CCCN(C)CC4)c3C2)cc1. The van der Waals surface area contributed by atoms with Gasteiger partial charge in [0.1, 0.15) is 11.5 Å². The summed E-state index contributed by atoms with van der Waals surface area (Å²) in [4.78, 5) is 20.1. The van der Waals surface area contributed by atoms with Gasteiger partial charge in [-0.05, 0) is 39.4 Å². The van der Waals surface area contributed by atoms with E-state index in [0.29, 0.717) is 0 Å². The maximum Gasteiger partial charge on any atom is 0.257 e. The van der Waals surface area contributed by atoms with E-state index in [9.17, 15) is 4.79 Å². The van der Waals surface area contributed by atoms with Crippen LogP contribution in [0.15, 0.2) is 28.7 Å². The molecule has 1 aromatic carbocycles. The standard InChI is InChI=1S/C23H31N3O2/c1-17-5-7-19(8-6-17)15-25-12-9-21-20(16-25)22(18(2)28-21)23(27)26-11-4-10-24(3)13-14-26/h5-8H,4,9-16H2,1-3H3. The Morgan fingerprint density at radius 2 is 1.82 bits per heavy atom. The Morgan fingerprint density at radius 1 is 1.04 bits per heavy atom. The average molecular weight is 382 g/mol. The lowest BCUT2D eigenvalue weighted by molar-refractivity contribution is 0.0759. The molecule has 0 radical (unpaired) electrons. The van der Waals surface area contributed by atoms with Crippen LogP contribution in [0.3, 0.4) is 0 Å². The van der Waals surface area contributed by atoms with Crippen LogP contribution in [0.2, 0.25) is 0 Å². The Morgan fingerprint density at radius 3 is 2.61 bits per heavy atom. The first-order chi connectivity index (χ1) is 13.5. The van der Waals surface area contributed by atoms with Crippen molar-refractivity contribution in [3.63, 3.8) is 0 Å². The molecule has 0 N–H and O–H groups in total. The quantitative estimate of drug-likeness (QED) is 0.818. The van der Waals surface area contributed by atoms with E-state index in [2.05, 4.69) is 48.0 Å². The molecule has 1 amide bonds. The number of hydrogen-bond acceptors (Lipinski definition) is 4. The largest absolute Gasteiger partial charge is 0.465 e. The van der Waals surface area contributed by atoms with Crippen molar-refractivity contribution in [1.82, 2.24) is 14.7 Å². The van der Waals surface area contributed by atoms with Gasteiger partial charge in [-0.1, -0.05) is 29.8 Å². The van der Waals surface area contributed by atoms with Crippen LogP contribution in [0.25, 0.3) is 0 Å². The first-order valence-corrected chi connectivity index (χ1v) is 10.4. The third-order valence-electron chi connectivity index (χ3n) is 6.05. The minimum Gasteiger partial charge on any atom is -0.465 e. The zero-order chi connectivity index (χ0) is 19.7. The summed E-state index contributed by atoms with van der Waals surface area (Å²) in [6, 6.07) is 8.73. The molecule has 2 aliphatic rings. The lowest BCUT2D eigenvalue weighted by atomic mass is 10.0. The molecule has 1 fully saturated rings. The average Bonchev–Trinajstić information content (AvgIpc) is 2.84. The molecule has 2 aromatic rings. The fraction of sp³-hybridized carbons (Fsp3) is 0.522. The molecule has 0 aliphatic carbocycles. The second-order valence-corrected chi connectivity index (χ2v) is 8.33. The summed E-state index contributed by atoms with van der Waals surface area (Å²) in [6.45, 7) is 10.3. The van der Waals surface area contributed by atoms with E-state index in [1.165, 1.54) is 11.1 Å². The molecule has 0 atom stereocenters. The predicted octanol–water partition coefficient (Wildman–Crippen LogP) is 3.23. The summed E-state index contributed by atoms with van der Waals surface area (Å²) in [7, 11) is 2.13. The van der Waals surface area contributed by atoms with Crippen molar-refractivity contribution in [3.05, 3.63) is 58.0 Å². The zero-order valence-corrected chi connectivity index (χ0v) is 17.3. The minimum atomic E-state index is 0.148. The van der Waals surface area contributed by atoms with E-state index >= 15 is 0 Å².